The SMILES string of the molecule is Cc1ccc(-c2ccc(Cl)c(OCc3c(C)cccc3-n3nnn(C)c3=O)c2)cc1. The first-order valence-electron chi connectivity index (χ1n) is 9.51. The molecule has 0 unspecified atom stereocenters. The highest BCUT2D eigenvalue weighted by Crippen LogP contribution is 2.32. The van der Waals surface area contributed by atoms with Crippen LogP contribution in [0, 0.1) is 13.8 Å². The molecule has 0 spiro atoms. The highest BCUT2D eigenvalue weighted by Gasteiger charge is 2.14. The summed E-state index contributed by atoms with van der Waals surface area (Å²) in [5, 5.41) is 8.28. The molecule has 6 nitrogen and oxygen atoms in total. The number of halogens is 1. The Morgan fingerprint density at radius 2 is 1.70 bits per heavy atom. The van der Waals surface area contributed by atoms with Gasteiger partial charge >= 0.3 is 5.69 Å². The molecule has 4 rings (SSSR count). The second-order valence-corrected chi connectivity index (χ2v) is 7.58. The smallest absolute Gasteiger partial charge is 0.368 e. The van der Waals surface area contributed by atoms with Crippen LogP contribution in [0.15, 0.2) is 65.5 Å². The monoisotopic (exact) mass is 420 g/mol. The third-order valence-corrected chi connectivity index (χ3v) is 5.34. The number of benzene rings is 3. The third-order valence-electron chi connectivity index (χ3n) is 5.02. The van der Waals surface area contributed by atoms with Gasteiger partial charge in [-0.2, -0.15) is 9.36 Å². The van der Waals surface area contributed by atoms with Crippen molar-refractivity contribution in [2.45, 2.75) is 20.5 Å². The summed E-state index contributed by atoms with van der Waals surface area (Å²) in [5.41, 5.74) is 5.46. The van der Waals surface area contributed by atoms with Crippen LogP contribution < -0.4 is 10.4 Å². The average Bonchev–Trinajstić information content (AvgIpc) is 3.07. The van der Waals surface area contributed by atoms with Gasteiger partial charge in [-0.05, 0) is 59.2 Å². The zero-order chi connectivity index (χ0) is 21.3. The van der Waals surface area contributed by atoms with Crippen molar-refractivity contribution in [2.24, 2.45) is 7.05 Å². The minimum Gasteiger partial charge on any atom is -0.487 e. The number of aromatic nitrogens is 4. The molecule has 0 saturated carbocycles. The van der Waals surface area contributed by atoms with E-state index in [4.69, 9.17) is 16.3 Å². The number of hydrogen-bond donors (Lipinski definition) is 0. The lowest BCUT2D eigenvalue weighted by Crippen LogP contribution is -2.23. The van der Waals surface area contributed by atoms with Crippen LogP contribution in [0.3, 0.4) is 0 Å². The fourth-order valence-corrected chi connectivity index (χ4v) is 3.40. The molecule has 0 fully saturated rings. The number of aryl methyl sites for hydroxylation is 3. The van der Waals surface area contributed by atoms with Crippen LogP contribution in [0.2, 0.25) is 5.02 Å². The molecule has 0 atom stereocenters. The van der Waals surface area contributed by atoms with Crippen molar-refractivity contribution < 1.29 is 4.74 Å². The van der Waals surface area contributed by atoms with Crippen LogP contribution in [0.25, 0.3) is 16.8 Å². The van der Waals surface area contributed by atoms with E-state index in [0.717, 1.165) is 22.3 Å². The van der Waals surface area contributed by atoms with Gasteiger partial charge in [0.25, 0.3) is 0 Å². The quantitative estimate of drug-likeness (QED) is 0.477. The largest absolute Gasteiger partial charge is 0.487 e. The average molecular weight is 421 g/mol. The van der Waals surface area contributed by atoms with E-state index in [1.54, 1.807) is 7.05 Å². The molecule has 0 amide bonds. The zero-order valence-corrected chi connectivity index (χ0v) is 17.7. The van der Waals surface area contributed by atoms with Crippen molar-refractivity contribution in [2.75, 3.05) is 0 Å². The fraction of sp³-hybridized carbons (Fsp3) is 0.174. The Balaban J connectivity index is 1.66. The van der Waals surface area contributed by atoms with Crippen LogP contribution in [0.1, 0.15) is 16.7 Å². The highest BCUT2D eigenvalue weighted by atomic mass is 35.5. The summed E-state index contributed by atoms with van der Waals surface area (Å²) >= 11 is 6.39. The van der Waals surface area contributed by atoms with Crippen molar-refractivity contribution in [3.8, 4) is 22.6 Å². The molecule has 0 aliphatic rings. The summed E-state index contributed by atoms with van der Waals surface area (Å²) < 4.78 is 8.56. The van der Waals surface area contributed by atoms with Crippen LogP contribution in [0.5, 0.6) is 5.75 Å². The van der Waals surface area contributed by atoms with Crippen molar-refractivity contribution in [1.82, 2.24) is 19.8 Å². The van der Waals surface area contributed by atoms with Crippen molar-refractivity contribution in [1.29, 1.82) is 0 Å². The van der Waals surface area contributed by atoms with Gasteiger partial charge in [-0.25, -0.2) is 4.79 Å². The predicted octanol–water partition coefficient (Wildman–Crippen LogP) is 4.48. The van der Waals surface area contributed by atoms with Gasteiger partial charge in [-0.15, -0.1) is 0 Å². The van der Waals surface area contributed by atoms with Gasteiger partial charge < -0.3 is 4.74 Å². The Hall–Kier alpha value is -3.38. The molecule has 0 radical (unpaired) electrons. The van der Waals surface area contributed by atoms with Crippen LogP contribution in [-0.4, -0.2) is 19.8 Å². The van der Waals surface area contributed by atoms with E-state index in [2.05, 4.69) is 41.6 Å². The molecule has 1 heterocycles. The van der Waals surface area contributed by atoms with Gasteiger partial charge in [0.2, 0.25) is 0 Å². The molecular formula is C23H21ClN4O2. The van der Waals surface area contributed by atoms with E-state index in [0.29, 0.717) is 16.5 Å². The lowest BCUT2D eigenvalue weighted by atomic mass is 10.0. The van der Waals surface area contributed by atoms with Gasteiger partial charge in [0, 0.05) is 12.6 Å². The summed E-state index contributed by atoms with van der Waals surface area (Å²) in [6, 6.07) is 19.7. The summed E-state index contributed by atoms with van der Waals surface area (Å²) in [6.45, 7) is 4.26. The maximum atomic E-state index is 12.3. The first-order valence-corrected chi connectivity index (χ1v) is 9.89. The number of hydrogen-bond acceptors (Lipinski definition) is 4. The molecule has 30 heavy (non-hydrogen) atoms. The Morgan fingerprint density at radius 3 is 2.40 bits per heavy atom. The molecule has 7 heteroatoms. The maximum Gasteiger partial charge on any atom is 0.368 e. The van der Waals surface area contributed by atoms with Gasteiger partial charge in [-0.3, -0.25) is 0 Å². The second kappa shape index (κ2) is 8.16. The lowest BCUT2D eigenvalue weighted by molar-refractivity contribution is 0.305. The van der Waals surface area contributed by atoms with Crippen molar-refractivity contribution in [3.63, 3.8) is 0 Å². The van der Waals surface area contributed by atoms with Gasteiger partial charge in [-0.1, -0.05) is 59.6 Å². The van der Waals surface area contributed by atoms with Gasteiger partial charge in [0.1, 0.15) is 12.4 Å². The molecular weight excluding hydrogens is 400 g/mol. The van der Waals surface area contributed by atoms with Crippen molar-refractivity contribution in [3.05, 3.63) is 92.9 Å². The number of tetrazole rings is 1. The first-order chi connectivity index (χ1) is 14.4. The predicted molar refractivity (Wildman–Crippen MR) is 117 cm³/mol. The van der Waals surface area contributed by atoms with E-state index >= 15 is 0 Å². The minimum absolute atomic E-state index is 0.238. The molecule has 0 aliphatic heterocycles. The lowest BCUT2D eigenvalue weighted by Gasteiger charge is -2.14. The standard InChI is InChI=1S/C23H21ClN4O2/c1-15-7-9-17(10-8-15)18-11-12-20(24)22(13-18)30-14-19-16(2)5-4-6-21(19)28-23(29)27(3)25-26-28/h4-13H,14H2,1-3H3. The highest BCUT2D eigenvalue weighted by molar-refractivity contribution is 6.32. The summed E-state index contributed by atoms with van der Waals surface area (Å²) in [4.78, 5) is 12.3. The Labute approximate surface area is 179 Å². The number of ether oxygens (including phenoxy) is 1. The molecule has 3 aromatic carbocycles. The first kappa shape index (κ1) is 19.9. The van der Waals surface area contributed by atoms with Gasteiger partial charge in [0.05, 0.1) is 10.7 Å². The molecule has 0 bridgehead atoms. The topological polar surface area (TPSA) is 61.9 Å². The van der Waals surface area contributed by atoms with E-state index in [1.807, 2.05) is 43.3 Å². The molecule has 0 N–H and O–H groups in total. The normalized spacial score (nSPS) is 10.9. The second-order valence-electron chi connectivity index (χ2n) is 7.17. The Morgan fingerprint density at radius 1 is 0.967 bits per heavy atom. The number of rotatable bonds is 5. The van der Waals surface area contributed by atoms with Crippen LogP contribution >= 0.6 is 11.6 Å². The fourth-order valence-electron chi connectivity index (χ4n) is 3.23. The van der Waals surface area contributed by atoms with E-state index in [9.17, 15) is 4.79 Å². The minimum atomic E-state index is -0.318. The van der Waals surface area contributed by atoms with Crippen LogP contribution in [-0.2, 0) is 13.7 Å². The Kier molecular flexibility index (Phi) is 5.42. The summed E-state index contributed by atoms with van der Waals surface area (Å²) in [5.74, 6) is 0.579. The summed E-state index contributed by atoms with van der Waals surface area (Å²) in [6.07, 6.45) is 0. The van der Waals surface area contributed by atoms with E-state index < -0.39 is 0 Å². The van der Waals surface area contributed by atoms with E-state index in [-0.39, 0.29) is 12.3 Å². The Bertz CT molecular complexity index is 1260. The molecule has 0 saturated heterocycles. The zero-order valence-electron chi connectivity index (χ0n) is 17.0. The number of nitrogens with zero attached hydrogens (tertiary/aromatic N) is 4. The maximum absolute atomic E-state index is 12.3. The van der Waals surface area contributed by atoms with Crippen LogP contribution in [0.4, 0.5) is 0 Å². The molecule has 1 aromatic heterocycles. The summed E-state index contributed by atoms with van der Waals surface area (Å²) in [7, 11) is 1.56. The molecule has 0 aliphatic carbocycles. The molecule has 152 valence electrons. The van der Waals surface area contributed by atoms with Gasteiger partial charge in [0.15, 0.2) is 0 Å². The van der Waals surface area contributed by atoms with Crippen molar-refractivity contribution >= 4 is 11.6 Å². The third kappa shape index (κ3) is 3.86. The van der Waals surface area contributed by atoms with E-state index in [1.165, 1.54) is 14.9 Å². The molecule has 4 aromatic rings.